The van der Waals surface area contributed by atoms with Crippen LogP contribution < -0.4 is 4.74 Å². The number of thioether (sulfide) groups is 1. The summed E-state index contributed by atoms with van der Waals surface area (Å²) in [5.41, 5.74) is 0.352. The summed E-state index contributed by atoms with van der Waals surface area (Å²) in [7, 11) is 0. The highest BCUT2D eigenvalue weighted by atomic mass is 32.2. The molecule has 1 aromatic rings. The van der Waals surface area contributed by atoms with E-state index in [4.69, 9.17) is 9.84 Å². The van der Waals surface area contributed by atoms with Gasteiger partial charge in [-0.2, -0.15) is 11.8 Å². The Morgan fingerprint density at radius 2 is 2.11 bits per heavy atom. The van der Waals surface area contributed by atoms with Crippen LogP contribution in [0.2, 0.25) is 0 Å². The SMILES string of the molecule is O=C(O)C(O)c1cccc(OC2CCSCC2)c1. The largest absolute Gasteiger partial charge is 0.490 e. The van der Waals surface area contributed by atoms with Gasteiger partial charge in [-0.25, -0.2) is 4.79 Å². The molecule has 1 aliphatic heterocycles. The molecule has 2 N–H and O–H groups in total. The lowest BCUT2D eigenvalue weighted by atomic mass is 10.1. The van der Waals surface area contributed by atoms with Gasteiger partial charge in [0.25, 0.3) is 0 Å². The van der Waals surface area contributed by atoms with Gasteiger partial charge in [0.2, 0.25) is 0 Å². The zero-order valence-electron chi connectivity index (χ0n) is 9.91. The van der Waals surface area contributed by atoms with E-state index in [0.717, 1.165) is 24.3 Å². The van der Waals surface area contributed by atoms with E-state index >= 15 is 0 Å². The molecule has 4 nitrogen and oxygen atoms in total. The highest BCUT2D eigenvalue weighted by Gasteiger charge is 2.18. The lowest BCUT2D eigenvalue weighted by molar-refractivity contribution is -0.146. The highest BCUT2D eigenvalue weighted by molar-refractivity contribution is 7.99. The van der Waals surface area contributed by atoms with Crippen LogP contribution >= 0.6 is 11.8 Å². The van der Waals surface area contributed by atoms with E-state index in [-0.39, 0.29) is 6.10 Å². The molecule has 1 fully saturated rings. The molecule has 1 heterocycles. The summed E-state index contributed by atoms with van der Waals surface area (Å²) in [5.74, 6) is 1.58. The number of ether oxygens (including phenoxy) is 1. The number of benzene rings is 1. The smallest absolute Gasteiger partial charge is 0.337 e. The van der Waals surface area contributed by atoms with Crippen LogP contribution in [-0.4, -0.2) is 33.8 Å². The van der Waals surface area contributed by atoms with E-state index in [1.165, 1.54) is 0 Å². The molecule has 5 heteroatoms. The lowest BCUT2D eigenvalue weighted by Gasteiger charge is -2.23. The molecular weight excluding hydrogens is 252 g/mol. The van der Waals surface area contributed by atoms with Crippen molar-refractivity contribution >= 4 is 17.7 Å². The molecule has 0 aromatic heterocycles. The van der Waals surface area contributed by atoms with Gasteiger partial charge in [-0.3, -0.25) is 0 Å². The molecule has 1 aliphatic rings. The summed E-state index contributed by atoms with van der Waals surface area (Å²) in [6.45, 7) is 0. The number of hydrogen-bond acceptors (Lipinski definition) is 4. The number of carboxylic acid groups (broad SMARTS) is 1. The minimum Gasteiger partial charge on any atom is -0.490 e. The summed E-state index contributed by atoms with van der Waals surface area (Å²) in [6, 6.07) is 6.68. The van der Waals surface area contributed by atoms with Gasteiger partial charge in [-0.05, 0) is 42.0 Å². The summed E-state index contributed by atoms with van der Waals surface area (Å²) < 4.78 is 5.81. The first-order chi connectivity index (χ1) is 8.66. The Balaban J connectivity index is 2.04. The zero-order chi connectivity index (χ0) is 13.0. The maximum Gasteiger partial charge on any atom is 0.337 e. The van der Waals surface area contributed by atoms with Crippen molar-refractivity contribution in [3.05, 3.63) is 29.8 Å². The molecule has 1 saturated heterocycles. The van der Waals surface area contributed by atoms with Crippen molar-refractivity contribution in [1.82, 2.24) is 0 Å². The number of aliphatic hydroxyl groups excluding tert-OH is 1. The second kappa shape index (κ2) is 6.11. The third-order valence-electron chi connectivity index (χ3n) is 2.88. The van der Waals surface area contributed by atoms with Crippen LogP contribution in [0.5, 0.6) is 5.75 Å². The average Bonchev–Trinajstić information content (AvgIpc) is 2.39. The molecule has 0 amide bonds. The summed E-state index contributed by atoms with van der Waals surface area (Å²) in [4.78, 5) is 10.7. The van der Waals surface area contributed by atoms with E-state index in [1.54, 1.807) is 24.3 Å². The zero-order valence-corrected chi connectivity index (χ0v) is 10.7. The van der Waals surface area contributed by atoms with E-state index in [2.05, 4.69) is 0 Å². The first kappa shape index (κ1) is 13.2. The average molecular weight is 268 g/mol. The van der Waals surface area contributed by atoms with Gasteiger partial charge in [0.1, 0.15) is 11.9 Å². The van der Waals surface area contributed by atoms with Gasteiger partial charge in [0, 0.05) is 0 Å². The van der Waals surface area contributed by atoms with Crippen molar-refractivity contribution in [2.75, 3.05) is 11.5 Å². The first-order valence-corrected chi connectivity index (χ1v) is 7.07. The molecule has 1 unspecified atom stereocenters. The monoisotopic (exact) mass is 268 g/mol. The fourth-order valence-corrected chi connectivity index (χ4v) is 2.95. The van der Waals surface area contributed by atoms with Crippen molar-refractivity contribution < 1.29 is 19.7 Å². The maximum atomic E-state index is 10.7. The van der Waals surface area contributed by atoms with Crippen molar-refractivity contribution in [2.45, 2.75) is 25.0 Å². The molecule has 18 heavy (non-hydrogen) atoms. The van der Waals surface area contributed by atoms with Gasteiger partial charge < -0.3 is 14.9 Å². The van der Waals surface area contributed by atoms with Crippen LogP contribution in [0.25, 0.3) is 0 Å². The van der Waals surface area contributed by atoms with E-state index in [9.17, 15) is 9.90 Å². The van der Waals surface area contributed by atoms with Gasteiger partial charge >= 0.3 is 5.97 Å². The molecule has 0 saturated carbocycles. The molecule has 0 radical (unpaired) electrons. The second-order valence-corrected chi connectivity index (χ2v) is 5.47. The Morgan fingerprint density at radius 1 is 1.39 bits per heavy atom. The molecule has 1 aromatic carbocycles. The van der Waals surface area contributed by atoms with Crippen LogP contribution in [-0.2, 0) is 4.79 Å². The quantitative estimate of drug-likeness (QED) is 0.875. The number of carboxylic acids is 1. The van der Waals surface area contributed by atoms with E-state index in [0.29, 0.717) is 11.3 Å². The number of aliphatic hydroxyl groups is 1. The summed E-state index contributed by atoms with van der Waals surface area (Å²) in [5, 5.41) is 18.2. The minimum atomic E-state index is -1.49. The molecule has 2 rings (SSSR count). The second-order valence-electron chi connectivity index (χ2n) is 4.24. The number of carbonyl (C=O) groups is 1. The van der Waals surface area contributed by atoms with Crippen LogP contribution in [0, 0.1) is 0 Å². The Hall–Kier alpha value is -1.20. The number of rotatable bonds is 4. The fourth-order valence-electron chi connectivity index (χ4n) is 1.89. The standard InChI is InChI=1S/C13H16O4S/c14-12(13(15)16)9-2-1-3-11(8-9)17-10-4-6-18-7-5-10/h1-3,8,10,12,14H,4-7H2,(H,15,16). The van der Waals surface area contributed by atoms with Gasteiger partial charge in [-0.1, -0.05) is 12.1 Å². The lowest BCUT2D eigenvalue weighted by Crippen LogP contribution is -2.22. The first-order valence-electron chi connectivity index (χ1n) is 5.92. The van der Waals surface area contributed by atoms with E-state index < -0.39 is 12.1 Å². The molecule has 0 bridgehead atoms. The predicted octanol–water partition coefficient (Wildman–Crippen LogP) is 2.08. The number of aliphatic carboxylic acids is 1. The predicted molar refractivity (Wildman–Crippen MR) is 70.0 cm³/mol. The van der Waals surface area contributed by atoms with Crippen molar-refractivity contribution in [2.24, 2.45) is 0 Å². The Morgan fingerprint density at radius 3 is 2.78 bits per heavy atom. The molecule has 0 aliphatic carbocycles. The Labute approximate surface area is 110 Å². The molecule has 0 spiro atoms. The van der Waals surface area contributed by atoms with Gasteiger partial charge in [0.15, 0.2) is 6.10 Å². The fraction of sp³-hybridized carbons (Fsp3) is 0.462. The van der Waals surface area contributed by atoms with Crippen LogP contribution in [0.3, 0.4) is 0 Å². The highest BCUT2D eigenvalue weighted by Crippen LogP contribution is 2.25. The van der Waals surface area contributed by atoms with Crippen molar-refractivity contribution in [3.63, 3.8) is 0 Å². The summed E-state index contributed by atoms with van der Waals surface area (Å²) in [6.07, 6.45) is 0.728. The van der Waals surface area contributed by atoms with E-state index in [1.807, 2.05) is 11.8 Å². The minimum absolute atomic E-state index is 0.198. The van der Waals surface area contributed by atoms with Crippen molar-refractivity contribution in [3.8, 4) is 5.75 Å². The van der Waals surface area contributed by atoms with Gasteiger partial charge in [0.05, 0.1) is 0 Å². The van der Waals surface area contributed by atoms with Crippen LogP contribution in [0.4, 0.5) is 0 Å². The normalized spacial score (nSPS) is 18.3. The van der Waals surface area contributed by atoms with Crippen LogP contribution in [0.1, 0.15) is 24.5 Å². The summed E-state index contributed by atoms with van der Waals surface area (Å²) >= 11 is 1.92. The molecule has 98 valence electrons. The van der Waals surface area contributed by atoms with Crippen LogP contribution in [0.15, 0.2) is 24.3 Å². The topological polar surface area (TPSA) is 66.8 Å². The molecular formula is C13H16O4S. The van der Waals surface area contributed by atoms with Gasteiger partial charge in [-0.15, -0.1) is 0 Å². The molecule has 1 atom stereocenters. The Kier molecular flexibility index (Phi) is 4.49. The maximum absolute atomic E-state index is 10.7. The van der Waals surface area contributed by atoms with Crippen molar-refractivity contribution in [1.29, 1.82) is 0 Å². The Bertz CT molecular complexity index is 415. The number of hydrogen-bond donors (Lipinski definition) is 2. The third-order valence-corrected chi connectivity index (χ3v) is 3.93. The third kappa shape index (κ3) is 3.40.